The molecule has 0 aliphatic rings. The summed E-state index contributed by atoms with van der Waals surface area (Å²) in [7, 11) is 1.41. The van der Waals surface area contributed by atoms with E-state index in [4.69, 9.17) is 0 Å². The monoisotopic (exact) mass is 604 g/mol. The van der Waals surface area contributed by atoms with Crippen molar-refractivity contribution >= 4 is 18.0 Å². The zero-order chi connectivity index (χ0) is 31.4. The lowest BCUT2D eigenvalue weighted by atomic mass is 10.0. The Labute approximate surface area is 233 Å². The Bertz CT molecular complexity index is 1500. The maximum atomic E-state index is 14.8. The summed E-state index contributed by atoms with van der Waals surface area (Å²) >= 11 is 0. The third-order valence-corrected chi connectivity index (χ3v) is 5.94. The van der Waals surface area contributed by atoms with Crippen molar-refractivity contribution in [3.63, 3.8) is 0 Å². The molecule has 0 aliphatic heterocycles. The summed E-state index contributed by atoms with van der Waals surface area (Å²) in [6, 6.07) is 0.162. The third-order valence-electron chi connectivity index (χ3n) is 5.94. The van der Waals surface area contributed by atoms with Crippen molar-refractivity contribution in [1.29, 1.82) is 0 Å². The van der Waals surface area contributed by atoms with Gasteiger partial charge in [-0.2, -0.15) is 18.3 Å². The van der Waals surface area contributed by atoms with Crippen LogP contribution in [0.3, 0.4) is 0 Å². The molecule has 2 heterocycles. The maximum absolute atomic E-state index is 14.8. The summed E-state index contributed by atoms with van der Waals surface area (Å²) in [5.41, 5.74) is -5.45. The van der Waals surface area contributed by atoms with E-state index in [0.29, 0.717) is 6.92 Å². The van der Waals surface area contributed by atoms with Crippen LogP contribution in [0.25, 0.3) is 17.5 Å². The molecule has 226 valence electrons. The van der Waals surface area contributed by atoms with E-state index < -0.39 is 75.3 Å². The molecule has 3 rings (SSSR count). The number of alkyl halides is 6. The summed E-state index contributed by atoms with van der Waals surface area (Å²) in [4.78, 5) is 31.7. The Hall–Kier alpha value is -4.37. The van der Waals surface area contributed by atoms with Crippen molar-refractivity contribution in [2.24, 2.45) is 0 Å². The highest BCUT2D eigenvalue weighted by atomic mass is 19.4. The normalized spacial score (nSPS) is 13.7. The van der Waals surface area contributed by atoms with Crippen LogP contribution in [0.1, 0.15) is 47.3 Å². The average Bonchev–Trinajstić information content (AvgIpc) is 2.88. The van der Waals surface area contributed by atoms with Crippen molar-refractivity contribution in [3.05, 3.63) is 75.1 Å². The van der Waals surface area contributed by atoms with Gasteiger partial charge in [-0.3, -0.25) is 9.59 Å². The number of H-pyrrole nitrogens is 1. The van der Waals surface area contributed by atoms with Crippen LogP contribution < -0.4 is 10.9 Å². The first-order chi connectivity index (χ1) is 19.5. The number of anilines is 1. The standard InChI is InChI=1S/C26H24F8N6O2/c1-13(38-19-10-37-39-24(42)20(19)26(32,33)34)6-16(27)11-40(3)5-4-14-7-17(21(28)22(29)18(14)12-41)23-35-8-15(9-36-23)25(2,30)31/h4-5,7-10,12-13,16H,6,11H2,1-3H3,(H2,38,39,42)/b5-4-. The van der Waals surface area contributed by atoms with Crippen LogP contribution >= 0.6 is 0 Å². The van der Waals surface area contributed by atoms with Gasteiger partial charge in [0.05, 0.1) is 28.6 Å². The maximum Gasteiger partial charge on any atom is 0.423 e. The highest BCUT2D eigenvalue weighted by Gasteiger charge is 2.37. The number of hydrogen-bond donors (Lipinski definition) is 2. The molecular formula is C26H24F8N6O2. The minimum absolute atomic E-state index is 0.0630. The molecule has 3 aromatic rings. The molecule has 0 fully saturated rings. The third kappa shape index (κ3) is 7.67. The average molecular weight is 605 g/mol. The fourth-order valence-corrected chi connectivity index (χ4v) is 3.93. The quantitative estimate of drug-likeness (QED) is 0.218. The fourth-order valence-electron chi connectivity index (χ4n) is 3.93. The largest absolute Gasteiger partial charge is 0.423 e. The van der Waals surface area contributed by atoms with Gasteiger partial charge in [0.1, 0.15) is 11.7 Å². The molecule has 2 N–H and O–H groups in total. The molecule has 0 radical (unpaired) electrons. The van der Waals surface area contributed by atoms with Gasteiger partial charge in [0.15, 0.2) is 23.7 Å². The van der Waals surface area contributed by atoms with E-state index in [9.17, 15) is 44.7 Å². The predicted octanol–water partition coefficient (Wildman–Crippen LogP) is 5.58. The van der Waals surface area contributed by atoms with Gasteiger partial charge in [0, 0.05) is 45.4 Å². The van der Waals surface area contributed by atoms with Crippen LogP contribution in [0, 0.1) is 11.6 Å². The molecule has 0 bridgehead atoms. The van der Waals surface area contributed by atoms with Crippen LogP contribution in [-0.2, 0) is 12.1 Å². The zero-order valence-electron chi connectivity index (χ0n) is 22.2. The van der Waals surface area contributed by atoms with Crippen LogP contribution in [-0.4, -0.2) is 57.2 Å². The lowest BCUT2D eigenvalue weighted by Crippen LogP contribution is -2.30. The van der Waals surface area contributed by atoms with Gasteiger partial charge in [-0.05, 0) is 30.8 Å². The van der Waals surface area contributed by atoms with Gasteiger partial charge in [0.25, 0.3) is 11.5 Å². The second-order valence-electron chi connectivity index (χ2n) is 9.48. The van der Waals surface area contributed by atoms with E-state index in [-0.39, 0.29) is 24.8 Å². The van der Waals surface area contributed by atoms with Gasteiger partial charge >= 0.3 is 6.18 Å². The van der Waals surface area contributed by atoms with E-state index in [1.54, 1.807) is 5.10 Å². The minimum atomic E-state index is -4.97. The predicted molar refractivity (Wildman–Crippen MR) is 136 cm³/mol. The molecule has 0 saturated heterocycles. The topological polar surface area (TPSA) is 104 Å². The van der Waals surface area contributed by atoms with Crippen molar-refractivity contribution in [3.8, 4) is 11.4 Å². The lowest BCUT2D eigenvalue weighted by molar-refractivity contribution is -0.138. The molecule has 0 saturated carbocycles. The number of carbonyl (C=O) groups excluding carboxylic acids is 1. The van der Waals surface area contributed by atoms with Crippen LogP contribution in [0.2, 0.25) is 0 Å². The van der Waals surface area contributed by atoms with E-state index in [2.05, 4.69) is 20.4 Å². The highest BCUT2D eigenvalue weighted by Crippen LogP contribution is 2.32. The first-order valence-corrected chi connectivity index (χ1v) is 12.1. The summed E-state index contributed by atoms with van der Waals surface area (Å²) in [6.45, 7) is 1.71. The van der Waals surface area contributed by atoms with Crippen molar-refractivity contribution in [1.82, 2.24) is 25.1 Å². The lowest BCUT2D eigenvalue weighted by Gasteiger charge is -2.22. The smallest absolute Gasteiger partial charge is 0.381 e. The first kappa shape index (κ1) is 32.1. The van der Waals surface area contributed by atoms with Crippen molar-refractivity contribution < 1.29 is 39.9 Å². The van der Waals surface area contributed by atoms with Crippen LogP contribution in [0.15, 0.2) is 35.7 Å². The van der Waals surface area contributed by atoms with Crippen molar-refractivity contribution in [2.45, 2.75) is 44.6 Å². The summed E-state index contributed by atoms with van der Waals surface area (Å²) in [5.74, 6) is -6.70. The Balaban J connectivity index is 1.74. The van der Waals surface area contributed by atoms with Crippen LogP contribution in [0.4, 0.5) is 40.8 Å². The highest BCUT2D eigenvalue weighted by molar-refractivity contribution is 5.84. The van der Waals surface area contributed by atoms with Gasteiger partial charge in [-0.25, -0.2) is 37.0 Å². The van der Waals surface area contributed by atoms with E-state index in [1.807, 2.05) is 0 Å². The number of halogens is 8. The number of aldehydes is 1. The SMILES string of the molecule is CC(CC(F)CN(C)/C=C\c1cc(-c2ncc(C(C)(F)F)cn2)c(F)c(F)c1C=O)Nc1cn[nH]c(=O)c1C(F)(F)F. The van der Waals surface area contributed by atoms with E-state index >= 15 is 0 Å². The Morgan fingerprint density at radius 3 is 2.31 bits per heavy atom. The second kappa shape index (κ2) is 12.7. The first-order valence-electron chi connectivity index (χ1n) is 12.1. The number of nitrogens with one attached hydrogen (secondary N) is 2. The molecule has 0 aliphatic carbocycles. The zero-order valence-corrected chi connectivity index (χ0v) is 22.2. The molecule has 8 nitrogen and oxygen atoms in total. The number of nitrogens with zero attached hydrogens (tertiary/aromatic N) is 4. The number of rotatable bonds is 11. The van der Waals surface area contributed by atoms with Gasteiger partial charge in [-0.15, -0.1) is 0 Å². The molecule has 42 heavy (non-hydrogen) atoms. The molecule has 0 amide bonds. The number of aromatic nitrogens is 4. The van der Waals surface area contributed by atoms with Gasteiger partial charge in [-0.1, -0.05) is 0 Å². The van der Waals surface area contributed by atoms with Gasteiger partial charge in [0.2, 0.25) is 0 Å². The number of hydrogen-bond acceptors (Lipinski definition) is 7. The van der Waals surface area contributed by atoms with Crippen molar-refractivity contribution in [2.75, 3.05) is 18.9 Å². The Morgan fingerprint density at radius 1 is 1.10 bits per heavy atom. The number of benzene rings is 1. The molecular weight excluding hydrogens is 580 g/mol. The number of carbonyl (C=O) groups is 1. The minimum Gasteiger partial charge on any atom is -0.381 e. The molecule has 1 aromatic carbocycles. The summed E-state index contributed by atoms with van der Waals surface area (Å²) in [5, 5.41) is 7.46. The van der Waals surface area contributed by atoms with E-state index in [1.165, 1.54) is 31.1 Å². The molecule has 2 aromatic heterocycles. The van der Waals surface area contributed by atoms with Crippen LogP contribution in [0.5, 0.6) is 0 Å². The second-order valence-corrected chi connectivity index (χ2v) is 9.48. The summed E-state index contributed by atoms with van der Waals surface area (Å²) < 4.78 is 111. The molecule has 2 atom stereocenters. The fraction of sp³-hybridized carbons (Fsp3) is 0.346. The molecule has 2 unspecified atom stereocenters. The molecule has 16 heteroatoms. The Morgan fingerprint density at radius 2 is 1.74 bits per heavy atom. The molecule has 0 spiro atoms. The number of aromatic amines is 1. The van der Waals surface area contributed by atoms with E-state index in [0.717, 1.165) is 24.7 Å². The summed E-state index contributed by atoms with van der Waals surface area (Å²) in [6.07, 6.45) is -2.11. The van der Waals surface area contributed by atoms with Gasteiger partial charge < -0.3 is 10.2 Å². The Kier molecular flexibility index (Phi) is 9.68.